The van der Waals surface area contributed by atoms with Gasteiger partial charge in [0.15, 0.2) is 5.78 Å². The molecule has 0 aromatic heterocycles. The van der Waals surface area contributed by atoms with E-state index in [-0.39, 0.29) is 43.5 Å². The maximum atomic E-state index is 13.3. The number of amides is 2. The number of Topliss-reactive ketones (excluding diaryl/α,β-unsaturated/α-hetero) is 1. The Kier molecular flexibility index (Phi) is 11.4. The van der Waals surface area contributed by atoms with E-state index in [0.29, 0.717) is 25.1 Å². The van der Waals surface area contributed by atoms with Crippen molar-refractivity contribution in [2.75, 3.05) is 20.3 Å². The Hall–Kier alpha value is -3.89. The molecule has 11 nitrogen and oxygen atoms in total. The lowest BCUT2D eigenvalue weighted by Crippen LogP contribution is -2.78. The van der Waals surface area contributed by atoms with Crippen molar-refractivity contribution in [2.45, 2.75) is 51.1 Å². The van der Waals surface area contributed by atoms with Crippen molar-refractivity contribution in [3.8, 4) is 5.75 Å². The minimum atomic E-state index is -0.928. The van der Waals surface area contributed by atoms with Crippen LogP contribution in [0.3, 0.4) is 0 Å². The molecular weight excluding hydrogens is 466 g/mol. The first-order valence-corrected chi connectivity index (χ1v) is 11.9. The second kappa shape index (κ2) is 14.5. The molecule has 2 heterocycles. The Balaban J connectivity index is 2.34. The van der Waals surface area contributed by atoms with Crippen LogP contribution in [-0.2, 0) is 30.3 Å². The fourth-order valence-electron chi connectivity index (χ4n) is 3.83. The maximum absolute atomic E-state index is 13.3. The van der Waals surface area contributed by atoms with Gasteiger partial charge in [-0.25, -0.2) is 4.79 Å². The summed E-state index contributed by atoms with van der Waals surface area (Å²) in [5.41, 5.74) is 11.7. The normalized spacial score (nSPS) is 21.9. The lowest BCUT2D eigenvalue weighted by atomic mass is 9.90. The molecule has 2 aliphatic heterocycles. The number of nitrogens with one attached hydrogen (secondary N) is 3. The number of carbonyl (C=O) groups is 4. The summed E-state index contributed by atoms with van der Waals surface area (Å²) < 4.78 is 10.5. The molecule has 3 rings (SSSR count). The number of ether oxygens (including phenoxy) is 2. The number of rotatable bonds is 6. The average molecular weight is 503 g/mol. The highest BCUT2D eigenvalue weighted by Crippen LogP contribution is 2.18. The van der Waals surface area contributed by atoms with E-state index >= 15 is 0 Å². The summed E-state index contributed by atoms with van der Waals surface area (Å²) in [4.78, 5) is 53.4. The van der Waals surface area contributed by atoms with Gasteiger partial charge in [-0.15, -0.1) is 0 Å². The first-order valence-electron chi connectivity index (χ1n) is 11.9. The van der Waals surface area contributed by atoms with Gasteiger partial charge in [0.05, 0.1) is 19.7 Å². The number of hydrogen-bond acceptors (Lipinski definition) is 6. The summed E-state index contributed by atoms with van der Waals surface area (Å²) in [6.07, 6.45) is 4.64. The highest BCUT2D eigenvalue weighted by atomic mass is 16.5. The smallest absolute Gasteiger partial charge is 0.338 e. The van der Waals surface area contributed by atoms with Gasteiger partial charge in [0.25, 0.3) is 0 Å². The first kappa shape index (κ1) is 28.3. The van der Waals surface area contributed by atoms with Crippen LogP contribution in [0.25, 0.3) is 0 Å². The first-order chi connectivity index (χ1) is 17.2. The molecule has 0 saturated heterocycles. The van der Waals surface area contributed by atoms with E-state index in [1.807, 2.05) is 12.1 Å². The molecule has 0 fully saturated rings. The van der Waals surface area contributed by atoms with E-state index in [0.717, 1.165) is 5.56 Å². The Morgan fingerprint density at radius 3 is 2.53 bits per heavy atom. The number of guanidine groups is 1. The van der Waals surface area contributed by atoms with Crippen LogP contribution >= 0.6 is 0 Å². The zero-order valence-corrected chi connectivity index (χ0v) is 20.8. The maximum Gasteiger partial charge on any atom is 0.338 e. The number of fused-ring (bicyclic) bond motifs is 13. The van der Waals surface area contributed by atoms with Gasteiger partial charge in [0.2, 0.25) is 11.8 Å². The predicted molar refractivity (Wildman–Crippen MR) is 133 cm³/mol. The fraction of sp³-hybridized carbons (Fsp3) is 0.480. The number of benzene rings is 1. The molecule has 36 heavy (non-hydrogen) atoms. The zero-order chi connectivity index (χ0) is 26.5. The number of methoxy groups -OCH3 is 1. The van der Waals surface area contributed by atoms with Crippen LogP contribution in [0.4, 0.5) is 0 Å². The van der Waals surface area contributed by atoms with Crippen molar-refractivity contribution >= 4 is 29.5 Å². The summed E-state index contributed by atoms with van der Waals surface area (Å²) in [6, 6.07) is 5.49. The summed E-state index contributed by atoms with van der Waals surface area (Å²) >= 11 is 0. The van der Waals surface area contributed by atoms with Crippen molar-refractivity contribution in [3.63, 3.8) is 0 Å². The molecule has 2 amide bonds. The van der Waals surface area contributed by atoms with Gasteiger partial charge in [0, 0.05) is 19.3 Å². The highest BCUT2D eigenvalue weighted by Gasteiger charge is 2.30. The highest BCUT2D eigenvalue weighted by molar-refractivity contribution is 5.93. The molecule has 11 heteroatoms. The van der Waals surface area contributed by atoms with Crippen LogP contribution in [-0.4, -0.2) is 61.9 Å². The quantitative estimate of drug-likeness (QED) is 0.102. The van der Waals surface area contributed by atoms with Crippen LogP contribution in [0.15, 0.2) is 36.4 Å². The molecule has 1 aromatic rings. The lowest BCUT2D eigenvalue weighted by molar-refractivity contribution is -0.459. The zero-order valence-electron chi connectivity index (χ0n) is 20.8. The molecule has 0 radical (unpaired) electrons. The van der Waals surface area contributed by atoms with E-state index in [1.54, 1.807) is 24.3 Å². The second-order valence-corrected chi connectivity index (χ2v) is 8.60. The Bertz CT molecular complexity index is 972. The molecule has 196 valence electrons. The van der Waals surface area contributed by atoms with Crippen LogP contribution in [0.2, 0.25) is 0 Å². The standard InChI is InChI=1S/C25H35N5O6/c1-16(31)29-21-14-17-8-10-19(11-9-17)36-13-4-3-7-20(24(34)35-2)30-23(33)18(15-22(21)32)6-5-12-28-25(26)27/h3-4,8-11,18,20-21H,5-7,12-15H2,1-2H3,(H,29,31)(H,30,33)(H4,26,27,28)/p+1/b4-3-/t18-,20+,21-/m1/s1. The predicted octanol–water partition coefficient (Wildman–Crippen LogP) is -1.56. The molecular formula is C25H36N5O6+. The number of carbonyl (C=O) groups excluding carboxylic acids is 4. The third-order valence-corrected chi connectivity index (χ3v) is 5.69. The summed E-state index contributed by atoms with van der Waals surface area (Å²) in [5.74, 6) is -1.75. The van der Waals surface area contributed by atoms with Crippen LogP contribution in [0.5, 0.6) is 5.75 Å². The Morgan fingerprint density at radius 1 is 1.17 bits per heavy atom. The minimum Gasteiger partial charge on any atom is -0.490 e. The molecule has 2 aliphatic rings. The molecule has 3 atom stereocenters. The topological polar surface area (TPSA) is 177 Å². The molecule has 2 bridgehead atoms. The van der Waals surface area contributed by atoms with E-state index in [4.69, 9.17) is 20.9 Å². The SMILES string of the molecule is COC(=O)[C@@H]1C/C=C\COc2ccc(cc2)C[C@@H](NC(C)=O)C(=O)C[C@@H](CCC[NH+]=C(N)N)C(=O)N1. The Morgan fingerprint density at radius 2 is 1.89 bits per heavy atom. The van der Waals surface area contributed by atoms with Gasteiger partial charge in [0.1, 0.15) is 18.4 Å². The summed E-state index contributed by atoms with van der Waals surface area (Å²) in [5, 5.41) is 5.41. The van der Waals surface area contributed by atoms with Gasteiger partial charge in [-0.3, -0.25) is 30.8 Å². The van der Waals surface area contributed by atoms with Gasteiger partial charge in [-0.1, -0.05) is 24.3 Å². The van der Waals surface area contributed by atoms with Gasteiger partial charge >= 0.3 is 11.9 Å². The van der Waals surface area contributed by atoms with Crippen LogP contribution in [0.1, 0.15) is 38.2 Å². The molecule has 0 saturated carbocycles. The van der Waals surface area contributed by atoms with Crippen LogP contribution in [0, 0.1) is 5.92 Å². The Labute approximate surface area is 210 Å². The molecule has 0 unspecified atom stereocenters. The van der Waals surface area contributed by atoms with Crippen molar-refractivity contribution < 1.29 is 33.6 Å². The third kappa shape index (κ3) is 9.77. The summed E-state index contributed by atoms with van der Waals surface area (Å²) in [6.45, 7) is 2.01. The average Bonchev–Trinajstić information content (AvgIpc) is 2.84. The number of esters is 1. The van der Waals surface area contributed by atoms with E-state index in [1.165, 1.54) is 14.0 Å². The van der Waals surface area contributed by atoms with Crippen molar-refractivity contribution in [1.82, 2.24) is 10.6 Å². The molecule has 0 spiro atoms. The van der Waals surface area contributed by atoms with E-state index < -0.39 is 29.9 Å². The molecule has 0 aliphatic carbocycles. The largest absolute Gasteiger partial charge is 0.490 e. The van der Waals surface area contributed by atoms with E-state index in [2.05, 4.69) is 15.6 Å². The number of ketones is 1. The van der Waals surface area contributed by atoms with Crippen molar-refractivity contribution in [1.29, 1.82) is 0 Å². The van der Waals surface area contributed by atoms with Crippen molar-refractivity contribution in [2.24, 2.45) is 17.4 Å². The van der Waals surface area contributed by atoms with Gasteiger partial charge < -0.3 is 20.1 Å². The lowest BCUT2D eigenvalue weighted by Gasteiger charge is -2.23. The monoisotopic (exact) mass is 502 g/mol. The minimum absolute atomic E-state index is 0.0581. The molecule has 1 aromatic carbocycles. The fourth-order valence-corrected chi connectivity index (χ4v) is 3.83. The second-order valence-electron chi connectivity index (χ2n) is 8.60. The van der Waals surface area contributed by atoms with Crippen LogP contribution < -0.4 is 31.8 Å². The summed E-state index contributed by atoms with van der Waals surface area (Å²) in [7, 11) is 1.24. The molecule has 7 N–H and O–H groups in total. The van der Waals surface area contributed by atoms with E-state index in [9.17, 15) is 19.2 Å². The van der Waals surface area contributed by atoms with Crippen molar-refractivity contribution in [3.05, 3.63) is 42.0 Å². The van der Waals surface area contributed by atoms with Gasteiger partial charge in [-0.05, 0) is 43.4 Å². The number of hydrogen-bond donors (Lipinski definition) is 5. The van der Waals surface area contributed by atoms with Gasteiger partial charge in [-0.2, -0.15) is 0 Å². The third-order valence-electron chi connectivity index (χ3n) is 5.69. The number of nitrogens with two attached hydrogens (primary N) is 2.